The third kappa shape index (κ3) is 3.06. The van der Waals surface area contributed by atoms with Gasteiger partial charge in [-0.25, -0.2) is 0 Å². The van der Waals surface area contributed by atoms with E-state index in [1.54, 1.807) is 35.2 Å². The molecule has 1 aliphatic heterocycles. The van der Waals surface area contributed by atoms with E-state index < -0.39 is 0 Å². The Labute approximate surface area is 118 Å². The number of benzene rings is 1. The van der Waals surface area contributed by atoms with Gasteiger partial charge in [0.05, 0.1) is 24.3 Å². The van der Waals surface area contributed by atoms with Gasteiger partial charge < -0.3 is 10.0 Å². The van der Waals surface area contributed by atoms with E-state index >= 15 is 0 Å². The number of hydrogen-bond donors (Lipinski definition) is 1. The molecule has 4 heteroatoms. The van der Waals surface area contributed by atoms with Crippen molar-refractivity contribution in [2.24, 2.45) is 5.92 Å². The van der Waals surface area contributed by atoms with Gasteiger partial charge in [0.15, 0.2) is 0 Å². The maximum Gasteiger partial charge on any atom is 0.246 e. The van der Waals surface area contributed by atoms with Crippen LogP contribution in [0, 0.1) is 17.2 Å². The Hall–Kier alpha value is -2.12. The highest BCUT2D eigenvalue weighted by atomic mass is 16.3. The highest BCUT2D eigenvalue weighted by molar-refractivity contribution is 5.92. The van der Waals surface area contributed by atoms with Gasteiger partial charge >= 0.3 is 0 Å². The molecule has 0 spiro atoms. The van der Waals surface area contributed by atoms with Crippen LogP contribution in [0.15, 0.2) is 30.3 Å². The number of amides is 1. The standard InChI is InChI=1S/C16H18N2O2/c1-12-8-9-18(15(12)11-19)16(20)7-6-13-2-4-14(10-17)5-3-13/h2-7,12,15,19H,8-9,11H2,1H3/b7-6+. The molecule has 1 aromatic carbocycles. The number of carbonyl (C=O) groups is 1. The van der Waals surface area contributed by atoms with Gasteiger partial charge in [-0.15, -0.1) is 0 Å². The van der Waals surface area contributed by atoms with Gasteiger partial charge in [0.25, 0.3) is 0 Å². The van der Waals surface area contributed by atoms with Crippen molar-refractivity contribution in [1.82, 2.24) is 4.90 Å². The maximum atomic E-state index is 12.1. The number of aliphatic hydroxyl groups is 1. The van der Waals surface area contributed by atoms with Gasteiger partial charge in [-0.05, 0) is 36.1 Å². The first-order valence-corrected chi connectivity index (χ1v) is 6.75. The predicted octanol–water partition coefficient (Wildman–Crippen LogP) is 1.80. The molecule has 0 aliphatic carbocycles. The average molecular weight is 270 g/mol. The third-order valence-corrected chi connectivity index (χ3v) is 3.81. The minimum Gasteiger partial charge on any atom is -0.394 e. The molecule has 20 heavy (non-hydrogen) atoms. The van der Waals surface area contributed by atoms with Crippen molar-refractivity contribution in [3.8, 4) is 6.07 Å². The number of likely N-dealkylation sites (tertiary alicyclic amines) is 1. The number of nitrogens with zero attached hydrogens (tertiary/aromatic N) is 2. The summed E-state index contributed by atoms with van der Waals surface area (Å²) in [6.45, 7) is 2.76. The molecule has 2 atom stereocenters. The molecule has 0 aromatic heterocycles. The topological polar surface area (TPSA) is 64.3 Å². The lowest BCUT2D eigenvalue weighted by atomic mass is 10.0. The Morgan fingerprint density at radius 1 is 1.50 bits per heavy atom. The van der Waals surface area contributed by atoms with Gasteiger partial charge in [0.1, 0.15) is 0 Å². The molecular weight excluding hydrogens is 252 g/mol. The zero-order chi connectivity index (χ0) is 14.5. The zero-order valence-electron chi connectivity index (χ0n) is 11.5. The molecule has 2 unspecified atom stereocenters. The van der Waals surface area contributed by atoms with E-state index in [0.29, 0.717) is 18.0 Å². The fraction of sp³-hybridized carbons (Fsp3) is 0.375. The first-order valence-electron chi connectivity index (χ1n) is 6.75. The van der Waals surface area contributed by atoms with Crippen LogP contribution in [0.25, 0.3) is 6.08 Å². The molecule has 2 rings (SSSR count). The summed E-state index contributed by atoms with van der Waals surface area (Å²) in [5.41, 5.74) is 1.48. The Balaban J connectivity index is 2.03. The van der Waals surface area contributed by atoms with Crippen molar-refractivity contribution in [2.45, 2.75) is 19.4 Å². The summed E-state index contributed by atoms with van der Waals surface area (Å²) in [4.78, 5) is 13.9. The molecule has 4 nitrogen and oxygen atoms in total. The van der Waals surface area contributed by atoms with E-state index in [9.17, 15) is 9.90 Å². The van der Waals surface area contributed by atoms with E-state index in [1.165, 1.54) is 6.08 Å². The molecule has 0 bridgehead atoms. The quantitative estimate of drug-likeness (QED) is 0.852. The molecular formula is C16H18N2O2. The number of aliphatic hydroxyl groups excluding tert-OH is 1. The van der Waals surface area contributed by atoms with E-state index in [2.05, 4.69) is 13.0 Å². The normalized spacial score (nSPS) is 22.1. The van der Waals surface area contributed by atoms with Crippen molar-refractivity contribution in [2.75, 3.05) is 13.2 Å². The molecule has 1 amide bonds. The molecule has 1 N–H and O–H groups in total. The first-order chi connectivity index (χ1) is 9.65. The highest BCUT2D eigenvalue weighted by Crippen LogP contribution is 2.23. The SMILES string of the molecule is CC1CCN(C(=O)/C=C/c2ccc(C#N)cc2)C1CO. The van der Waals surface area contributed by atoms with Crippen molar-refractivity contribution < 1.29 is 9.90 Å². The van der Waals surface area contributed by atoms with Gasteiger partial charge in [-0.3, -0.25) is 4.79 Å². The van der Waals surface area contributed by atoms with E-state index in [-0.39, 0.29) is 18.6 Å². The van der Waals surface area contributed by atoms with Crippen LogP contribution in [0.2, 0.25) is 0 Å². The summed E-state index contributed by atoms with van der Waals surface area (Å²) in [6, 6.07) is 9.03. The molecule has 1 heterocycles. The number of nitriles is 1. The summed E-state index contributed by atoms with van der Waals surface area (Å²) in [5.74, 6) is 0.269. The molecule has 1 aromatic rings. The highest BCUT2D eigenvalue weighted by Gasteiger charge is 2.32. The lowest BCUT2D eigenvalue weighted by molar-refractivity contribution is -0.127. The molecule has 0 radical (unpaired) electrons. The summed E-state index contributed by atoms with van der Waals surface area (Å²) in [6.07, 6.45) is 4.20. The smallest absolute Gasteiger partial charge is 0.246 e. The largest absolute Gasteiger partial charge is 0.394 e. The van der Waals surface area contributed by atoms with Crippen molar-refractivity contribution in [3.63, 3.8) is 0 Å². The van der Waals surface area contributed by atoms with E-state index in [0.717, 1.165) is 12.0 Å². The Kier molecular flexibility index (Phi) is 4.54. The van der Waals surface area contributed by atoms with Crippen molar-refractivity contribution in [1.29, 1.82) is 5.26 Å². The van der Waals surface area contributed by atoms with Crippen LogP contribution in [-0.4, -0.2) is 35.1 Å². The van der Waals surface area contributed by atoms with Crippen molar-refractivity contribution in [3.05, 3.63) is 41.5 Å². The van der Waals surface area contributed by atoms with Crippen molar-refractivity contribution >= 4 is 12.0 Å². The predicted molar refractivity (Wildman–Crippen MR) is 76.6 cm³/mol. The van der Waals surface area contributed by atoms with Gasteiger partial charge in [0, 0.05) is 12.6 Å². The zero-order valence-corrected chi connectivity index (χ0v) is 11.5. The third-order valence-electron chi connectivity index (χ3n) is 3.81. The first kappa shape index (κ1) is 14.3. The fourth-order valence-electron chi connectivity index (χ4n) is 2.49. The summed E-state index contributed by atoms with van der Waals surface area (Å²) < 4.78 is 0. The fourth-order valence-corrected chi connectivity index (χ4v) is 2.49. The van der Waals surface area contributed by atoms with Crippen LogP contribution in [0.3, 0.4) is 0 Å². The van der Waals surface area contributed by atoms with Crippen LogP contribution in [0.5, 0.6) is 0 Å². The lowest BCUT2D eigenvalue weighted by Crippen LogP contribution is -2.38. The van der Waals surface area contributed by atoms with Gasteiger partial charge in [0.2, 0.25) is 5.91 Å². The number of hydrogen-bond acceptors (Lipinski definition) is 3. The van der Waals surface area contributed by atoms with E-state index in [1.807, 2.05) is 0 Å². The maximum absolute atomic E-state index is 12.1. The van der Waals surface area contributed by atoms with E-state index in [4.69, 9.17) is 5.26 Å². The lowest BCUT2D eigenvalue weighted by Gasteiger charge is -2.23. The number of rotatable bonds is 3. The van der Waals surface area contributed by atoms with Crippen LogP contribution < -0.4 is 0 Å². The second kappa shape index (κ2) is 6.36. The molecule has 1 fully saturated rings. The van der Waals surface area contributed by atoms with Crippen LogP contribution in [-0.2, 0) is 4.79 Å². The molecule has 0 saturated carbocycles. The summed E-state index contributed by atoms with van der Waals surface area (Å²) >= 11 is 0. The number of carbonyl (C=O) groups excluding carboxylic acids is 1. The van der Waals surface area contributed by atoms with Gasteiger partial charge in [-0.1, -0.05) is 19.1 Å². The molecule has 1 saturated heterocycles. The summed E-state index contributed by atoms with van der Waals surface area (Å²) in [7, 11) is 0. The van der Waals surface area contributed by atoms with Crippen LogP contribution in [0.4, 0.5) is 0 Å². The van der Waals surface area contributed by atoms with Crippen LogP contribution >= 0.6 is 0 Å². The Morgan fingerprint density at radius 3 is 2.80 bits per heavy atom. The van der Waals surface area contributed by atoms with Gasteiger partial charge in [-0.2, -0.15) is 5.26 Å². The van der Waals surface area contributed by atoms with Crippen LogP contribution in [0.1, 0.15) is 24.5 Å². The second-order valence-corrected chi connectivity index (χ2v) is 5.11. The Morgan fingerprint density at radius 2 is 2.20 bits per heavy atom. The average Bonchev–Trinajstić information content (AvgIpc) is 2.86. The minimum absolute atomic E-state index is 0.0115. The monoisotopic (exact) mass is 270 g/mol. The molecule has 1 aliphatic rings. The minimum atomic E-state index is -0.0758. The molecule has 104 valence electrons. The summed E-state index contributed by atoms with van der Waals surface area (Å²) in [5, 5.41) is 18.1. The second-order valence-electron chi connectivity index (χ2n) is 5.11. The Bertz CT molecular complexity index is 543.